The molecule has 0 bridgehead atoms. The van der Waals surface area contributed by atoms with Crippen LogP contribution >= 0.6 is 0 Å². The van der Waals surface area contributed by atoms with Gasteiger partial charge < -0.3 is 9.32 Å². The van der Waals surface area contributed by atoms with Crippen molar-refractivity contribution in [2.24, 2.45) is 0 Å². The largest absolute Gasteiger partial charge is 0.422 e. The second-order valence-corrected chi connectivity index (χ2v) is 3.43. The van der Waals surface area contributed by atoms with Crippen LogP contribution < -0.4 is 10.5 Å². The van der Waals surface area contributed by atoms with E-state index in [2.05, 4.69) is 4.98 Å². The van der Waals surface area contributed by atoms with Crippen molar-refractivity contribution in [3.8, 4) is 0 Å². The Morgan fingerprint density at radius 3 is 2.62 bits per heavy atom. The summed E-state index contributed by atoms with van der Waals surface area (Å²) in [4.78, 5) is 16.5. The van der Waals surface area contributed by atoms with E-state index in [1.54, 1.807) is 14.1 Å². The molecule has 0 N–H and O–H groups in total. The van der Waals surface area contributed by atoms with E-state index in [9.17, 15) is 13.6 Å². The first-order valence-corrected chi connectivity index (χ1v) is 4.47. The first-order chi connectivity index (χ1) is 7.50. The molecule has 0 amide bonds. The predicted molar refractivity (Wildman–Crippen MR) is 54.5 cm³/mol. The van der Waals surface area contributed by atoms with Gasteiger partial charge in [0.25, 0.3) is 5.56 Å². The minimum atomic E-state index is -1.18. The van der Waals surface area contributed by atoms with E-state index >= 15 is 0 Å². The number of anilines is 1. The molecular formula is C10H8F2N2O2. The molecule has 0 spiro atoms. The monoisotopic (exact) mass is 226 g/mol. The zero-order valence-corrected chi connectivity index (χ0v) is 8.62. The number of benzene rings is 1. The van der Waals surface area contributed by atoms with Gasteiger partial charge in [0, 0.05) is 14.1 Å². The van der Waals surface area contributed by atoms with Gasteiger partial charge in [0.2, 0.25) is 5.82 Å². The topological polar surface area (TPSA) is 46.3 Å². The molecule has 4 nitrogen and oxygen atoms in total. The Labute approximate surface area is 89.1 Å². The van der Waals surface area contributed by atoms with Gasteiger partial charge >= 0.3 is 6.01 Å². The van der Waals surface area contributed by atoms with Crippen molar-refractivity contribution >= 4 is 17.0 Å². The minimum absolute atomic E-state index is 0.0676. The van der Waals surface area contributed by atoms with Crippen molar-refractivity contribution < 1.29 is 13.2 Å². The molecule has 16 heavy (non-hydrogen) atoms. The highest BCUT2D eigenvalue weighted by Crippen LogP contribution is 2.20. The fourth-order valence-electron chi connectivity index (χ4n) is 1.25. The van der Waals surface area contributed by atoms with Crippen LogP contribution in [-0.2, 0) is 0 Å². The van der Waals surface area contributed by atoms with Crippen LogP contribution in [0, 0.1) is 11.6 Å². The predicted octanol–water partition coefficient (Wildman–Crippen LogP) is 1.53. The van der Waals surface area contributed by atoms with Crippen LogP contribution in [0.25, 0.3) is 11.0 Å². The number of halogens is 2. The van der Waals surface area contributed by atoms with Crippen molar-refractivity contribution in [3.05, 3.63) is 34.1 Å². The normalized spacial score (nSPS) is 10.8. The van der Waals surface area contributed by atoms with Crippen molar-refractivity contribution in [1.82, 2.24) is 4.98 Å². The molecule has 0 aliphatic rings. The zero-order valence-electron chi connectivity index (χ0n) is 8.62. The zero-order chi connectivity index (χ0) is 11.9. The van der Waals surface area contributed by atoms with E-state index in [0.29, 0.717) is 0 Å². The first kappa shape index (κ1) is 10.5. The maximum atomic E-state index is 13.4. The fourth-order valence-corrected chi connectivity index (χ4v) is 1.25. The molecule has 1 aromatic carbocycles. The lowest BCUT2D eigenvalue weighted by Crippen LogP contribution is -2.17. The molecule has 0 saturated carbocycles. The molecule has 84 valence electrons. The molecule has 0 unspecified atom stereocenters. The van der Waals surface area contributed by atoms with Crippen LogP contribution in [0.5, 0.6) is 0 Å². The van der Waals surface area contributed by atoms with Crippen LogP contribution in [0.2, 0.25) is 0 Å². The molecule has 6 heteroatoms. The third kappa shape index (κ3) is 1.52. The minimum Gasteiger partial charge on any atom is -0.422 e. The lowest BCUT2D eigenvalue weighted by atomic mass is 10.2. The maximum absolute atomic E-state index is 13.4. The fraction of sp³-hybridized carbons (Fsp3) is 0.200. The highest BCUT2D eigenvalue weighted by atomic mass is 19.2. The molecular weight excluding hydrogens is 218 g/mol. The van der Waals surface area contributed by atoms with Crippen LogP contribution in [0.15, 0.2) is 21.3 Å². The Morgan fingerprint density at radius 2 is 2.00 bits per heavy atom. The first-order valence-electron chi connectivity index (χ1n) is 4.47. The molecule has 0 atom stereocenters. The van der Waals surface area contributed by atoms with E-state index in [4.69, 9.17) is 4.42 Å². The Kier molecular flexibility index (Phi) is 2.34. The van der Waals surface area contributed by atoms with E-state index in [1.165, 1.54) is 4.90 Å². The van der Waals surface area contributed by atoms with Gasteiger partial charge in [-0.15, -0.1) is 0 Å². The van der Waals surface area contributed by atoms with Gasteiger partial charge in [-0.2, -0.15) is 9.37 Å². The standard InChI is InChI=1S/C10H8F2N2O2/c1-14(2)10-13-9(15)5-3-4-6(11)7(12)8(5)16-10/h3-4H,1-2H3. The molecule has 0 fully saturated rings. The second-order valence-electron chi connectivity index (χ2n) is 3.43. The quantitative estimate of drug-likeness (QED) is 0.739. The number of hydrogen-bond acceptors (Lipinski definition) is 4. The van der Waals surface area contributed by atoms with Crippen molar-refractivity contribution in [2.45, 2.75) is 0 Å². The van der Waals surface area contributed by atoms with Gasteiger partial charge in [-0.1, -0.05) is 0 Å². The van der Waals surface area contributed by atoms with Gasteiger partial charge in [-0.3, -0.25) is 4.79 Å². The average Bonchev–Trinajstić information content (AvgIpc) is 2.23. The molecule has 0 radical (unpaired) electrons. The third-order valence-electron chi connectivity index (χ3n) is 2.05. The maximum Gasteiger partial charge on any atom is 0.300 e. The summed E-state index contributed by atoms with van der Waals surface area (Å²) in [6, 6.07) is 1.94. The average molecular weight is 226 g/mol. The Morgan fingerprint density at radius 1 is 1.31 bits per heavy atom. The smallest absolute Gasteiger partial charge is 0.300 e. The molecule has 1 heterocycles. The SMILES string of the molecule is CN(C)c1nc(=O)c2ccc(F)c(F)c2o1. The lowest BCUT2D eigenvalue weighted by Gasteiger charge is -2.09. The van der Waals surface area contributed by atoms with Gasteiger partial charge in [0.05, 0.1) is 5.39 Å². The molecule has 2 rings (SSSR count). The van der Waals surface area contributed by atoms with Gasteiger partial charge in [-0.25, -0.2) is 4.39 Å². The summed E-state index contributed by atoms with van der Waals surface area (Å²) < 4.78 is 31.3. The van der Waals surface area contributed by atoms with Gasteiger partial charge in [0.15, 0.2) is 11.4 Å². The Hall–Kier alpha value is -1.98. The summed E-state index contributed by atoms with van der Waals surface area (Å²) in [5, 5.41) is -0.0792. The van der Waals surface area contributed by atoms with Gasteiger partial charge in [-0.05, 0) is 12.1 Å². The molecule has 0 saturated heterocycles. The van der Waals surface area contributed by atoms with E-state index in [0.717, 1.165) is 12.1 Å². The summed E-state index contributed by atoms with van der Waals surface area (Å²) in [7, 11) is 3.16. The van der Waals surface area contributed by atoms with Gasteiger partial charge in [0.1, 0.15) is 0 Å². The number of hydrogen-bond donors (Lipinski definition) is 0. The van der Waals surface area contributed by atoms with Crippen LogP contribution in [0.1, 0.15) is 0 Å². The lowest BCUT2D eigenvalue weighted by molar-refractivity contribution is 0.483. The summed E-state index contributed by atoms with van der Waals surface area (Å²) >= 11 is 0. The third-order valence-corrected chi connectivity index (χ3v) is 2.05. The number of nitrogens with zero attached hydrogens (tertiary/aromatic N) is 2. The van der Waals surface area contributed by atoms with Crippen molar-refractivity contribution in [3.63, 3.8) is 0 Å². The summed E-state index contributed by atoms with van der Waals surface area (Å²) in [5.41, 5.74) is -1.06. The van der Waals surface area contributed by atoms with Crippen molar-refractivity contribution in [1.29, 1.82) is 0 Å². The number of rotatable bonds is 1. The highest BCUT2D eigenvalue weighted by molar-refractivity contribution is 5.76. The number of fused-ring (bicyclic) bond motifs is 1. The van der Waals surface area contributed by atoms with Crippen LogP contribution in [0.3, 0.4) is 0 Å². The van der Waals surface area contributed by atoms with Crippen LogP contribution in [0.4, 0.5) is 14.8 Å². The molecule has 2 aromatic rings. The molecule has 0 aliphatic carbocycles. The summed E-state index contributed by atoms with van der Waals surface area (Å²) in [6.45, 7) is 0. The van der Waals surface area contributed by atoms with E-state index < -0.39 is 22.8 Å². The van der Waals surface area contributed by atoms with E-state index in [1.807, 2.05) is 0 Å². The Bertz CT molecular complexity index is 608. The molecule has 0 aliphatic heterocycles. The number of aromatic nitrogens is 1. The van der Waals surface area contributed by atoms with Crippen molar-refractivity contribution in [2.75, 3.05) is 19.0 Å². The second kappa shape index (κ2) is 3.55. The van der Waals surface area contributed by atoms with E-state index in [-0.39, 0.29) is 11.4 Å². The van der Waals surface area contributed by atoms with Crippen LogP contribution in [-0.4, -0.2) is 19.1 Å². The Balaban J connectivity index is 2.89. The summed E-state index contributed by atoms with van der Waals surface area (Å²) in [5.74, 6) is -2.24. The molecule has 1 aromatic heterocycles. The highest BCUT2D eigenvalue weighted by Gasteiger charge is 2.14. The summed E-state index contributed by atoms with van der Waals surface area (Å²) in [6.07, 6.45) is 0.